The summed E-state index contributed by atoms with van der Waals surface area (Å²) in [5, 5.41) is 5.57. The molecule has 1 saturated carbocycles. The predicted molar refractivity (Wildman–Crippen MR) is 124 cm³/mol. The van der Waals surface area contributed by atoms with Gasteiger partial charge < -0.3 is 20.3 Å². The zero-order chi connectivity index (χ0) is 23.3. The fourth-order valence-electron chi connectivity index (χ4n) is 3.42. The Balaban J connectivity index is 2.37. The molecule has 1 aliphatic carbocycles. The second kappa shape index (κ2) is 10.4. The van der Waals surface area contributed by atoms with Gasteiger partial charge in [-0.3, -0.25) is 9.59 Å². The third-order valence-electron chi connectivity index (χ3n) is 4.92. The van der Waals surface area contributed by atoms with E-state index in [0.29, 0.717) is 0 Å². The average Bonchev–Trinajstić information content (AvgIpc) is 3.38. The van der Waals surface area contributed by atoms with Gasteiger partial charge in [0.25, 0.3) is 0 Å². The number of nitrogens with zero attached hydrogens (tertiary/aromatic N) is 1. The molecule has 2 rings (SSSR count). The van der Waals surface area contributed by atoms with Gasteiger partial charge in [-0.25, -0.2) is 4.79 Å². The van der Waals surface area contributed by atoms with Gasteiger partial charge in [-0.2, -0.15) is 12.6 Å². The lowest BCUT2D eigenvalue weighted by Crippen LogP contribution is -2.55. The molecule has 0 spiro atoms. The summed E-state index contributed by atoms with van der Waals surface area (Å²) in [6.45, 7) is 11.1. The second-order valence-corrected chi connectivity index (χ2v) is 9.75. The number of alkyl carbamates (subject to hydrolysis) is 1. The maximum atomic E-state index is 13.6. The summed E-state index contributed by atoms with van der Waals surface area (Å²) < 4.78 is 5.31. The van der Waals surface area contributed by atoms with Crippen molar-refractivity contribution in [2.75, 3.05) is 5.75 Å². The lowest BCUT2D eigenvalue weighted by Gasteiger charge is -2.35. The summed E-state index contributed by atoms with van der Waals surface area (Å²) >= 11 is 4.29. The predicted octanol–water partition coefficient (Wildman–Crippen LogP) is 3.31. The Hall–Kier alpha value is -2.22. The number of benzene rings is 1. The highest BCUT2D eigenvalue weighted by Crippen LogP contribution is 2.40. The summed E-state index contributed by atoms with van der Waals surface area (Å²) in [6.07, 6.45) is 0.113. The van der Waals surface area contributed by atoms with Crippen molar-refractivity contribution in [1.29, 1.82) is 0 Å². The van der Waals surface area contributed by atoms with Crippen LogP contribution in [0.5, 0.6) is 0 Å². The Labute approximate surface area is 190 Å². The van der Waals surface area contributed by atoms with E-state index in [0.717, 1.165) is 12.0 Å². The van der Waals surface area contributed by atoms with Crippen LogP contribution < -0.4 is 10.6 Å². The minimum Gasteiger partial charge on any atom is -0.444 e. The Morgan fingerprint density at radius 3 is 2.19 bits per heavy atom. The smallest absolute Gasteiger partial charge is 0.408 e. The summed E-state index contributed by atoms with van der Waals surface area (Å²) in [5.74, 6) is -0.237. The number of hydrogen-bond acceptors (Lipinski definition) is 5. The van der Waals surface area contributed by atoms with Gasteiger partial charge in [0, 0.05) is 17.8 Å². The first-order valence-corrected chi connectivity index (χ1v) is 11.4. The summed E-state index contributed by atoms with van der Waals surface area (Å²) in [6, 6.07) is 7.37. The van der Waals surface area contributed by atoms with E-state index in [-0.39, 0.29) is 35.6 Å². The number of carbonyl (C=O) groups excluding carboxylic acids is 3. The van der Waals surface area contributed by atoms with E-state index in [1.165, 1.54) is 0 Å². The summed E-state index contributed by atoms with van der Waals surface area (Å²) in [7, 11) is 0. The lowest BCUT2D eigenvalue weighted by molar-refractivity contribution is -0.143. The zero-order valence-electron chi connectivity index (χ0n) is 19.2. The molecule has 3 amide bonds. The van der Waals surface area contributed by atoms with Crippen LogP contribution in [0.1, 0.15) is 59.6 Å². The van der Waals surface area contributed by atoms with E-state index < -0.39 is 23.8 Å². The standard InChI is InChI=1S/C23H35N3O4S/c1-14(2)24-20(27)19(16-10-8-7-9-11-16)26(18-12-15(18)3)21(28)17(13-31)25-22(29)30-23(4,5)6/h7-11,14-15,17-19,31H,12-13H2,1-6H3,(H,24,27)(H,25,29). The SMILES string of the molecule is CC(C)NC(=O)C(c1ccccc1)N(C(=O)C(CS)NC(=O)OC(C)(C)C)C1CC1C. The van der Waals surface area contributed by atoms with Gasteiger partial charge in [0.2, 0.25) is 11.8 Å². The lowest BCUT2D eigenvalue weighted by atomic mass is 10.0. The van der Waals surface area contributed by atoms with Crippen LogP contribution in [0.25, 0.3) is 0 Å². The van der Waals surface area contributed by atoms with Crippen molar-refractivity contribution in [1.82, 2.24) is 15.5 Å². The van der Waals surface area contributed by atoms with E-state index in [9.17, 15) is 14.4 Å². The molecule has 172 valence electrons. The molecule has 1 aliphatic rings. The van der Waals surface area contributed by atoms with Crippen molar-refractivity contribution in [2.45, 2.75) is 77.7 Å². The zero-order valence-corrected chi connectivity index (χ0v) is 20.1. The van der Waals surface area contributed by atoms with E-state index in [2.05, 4.69) is 23.3 Å². The van der Waals surface area contributed by atoms with Gasteiger partial charge in [0.15, 0.2) is 0 Å². The number of amides is 3. The van der Waals surface area contributed by atoms with Crippen molar-refractivity contribution in [3.8, 4) is 0 Å². The van der Waals surface area contributed by atoms with Gasteiger partial charge in [0.1, 0.15) is 17.7 Å². The number of hydrogen-bond donors (Lipinski definition) is 3. The molecule has 2 N–H and O–H groups in total. The Kier molecular flexibility index (Phi) is 8.40. The monoisotopic (exact) mass is 449 g/mol. The van der Waals surface area contributed by atoms with E-state index >= 15 is 0 Å². The molecular weight excluding hydrogens is 414 g/mol. The molecule has 7 nitrogen and oxygen atoms in total. The first-order chi connectivity index (χ1) is 14.4. The Morgan fingerprint density at radius 2 is 1.74 bits per heavy atom. The minimum atomic E-state index is -0.913. The van der Waals surface area contributed by atoms with Crippen molar-refractivity contribution in [2.24, 2.45) is 5.92 Å². The highest BCUT2D eigenvalue weighted by molar-refractivity contribution is 7.80. The Bertz CT molecular complexity index is 779. The van der Waals surface area contributed by atoms with E-state index in [1.807, 2.05) is 51.1 Å². The van der Waals surface area contributed by atoms with Crippen LogP contribution in [0, 0.1) is 5.92 Å². The van der Waals surface area contributed by atoms with Gasteiger partial charge in [0.05, 0.1) is 0 Å². The molecule has 4 atom stereocenters. The van der Waals surface area contributed by atoms with Crippen molar-refractivity contribution in [3.63, 3.8) is 0 Å². The van der Waals surface area contributed by atoms with Crippen LogP contribution in [0.4, 0.5) is 4.79 Å². The molecule has 31 heavy (non-hydrogen) atoms. The third kappa shape index (κ3) is 7.16. The number of ether oxygens (including phenoxy) is 1. The average molecular weight is 450 g/mol. The molecule has 4 unspecified atom stereocenters. The van der Waals surface area contributed by atoms with Gasteiger partial charge in [-0.05, 0) is 52.5 Å². The number of nitrogens with one attached hydrogen (secondary N) is 2. The molecule has 0 saturated heterocycles. The van der Waals surface area contributed by atoms with E-state index in [1.54, 1.807) is 25.7 Å². The fourth-order valence-corrected chi connectivity index (χ4v) is 3.67. The van der Waals surface area contributed by atoms with Crippen molar-refractivity contribution < 1.29 is 19.1 Å². The first-order valence-electron chi connectivity index (χ1n) is 10.7. The van der Waals surface area contributed by atoms with Crippen LogP contribution >= 0.6 is 12.6 Å². The molecule has 0 radical (unpaired) electrons. The second-order valence-electron chi connectivity index (χ2n) is 9.38. The number of thiol groups is 1. The van der Waals surface area contributed by atoms with Crippen LogP contribution in [0.2, 0.25) is 0 Å². The maximum Gasteiger partial charge on any atom is 0.408 e. The summed E-state index contributed by atoms with van der Waals surface area (Å²) in [4.78, 5) is 40.8. The molecular formula is C23H35N3O4S. The maximum absolute atomic E-state index is 13.6. The third-order valence-corrected chi connectivity index (χ3v) is 5.29. The molecule has 1 fully saturated rings. The normalized spacial score (nSPS) is 19.9. The van der Waals surface area contributed by atoms with Gasteiger partial charge in [-0.15, -0.1) is 0 Å². The molecule has 1 aromatic carbocycles. The highest BCUT2D eigenvalue weighted by Gasteiger charge is 2.48. The highest BCUT2D eigenvalue weighted by atomic mass is 32.1. The largest absolute Gasteiger partial charge is 0.444 e. The molecule has 1 aromatic rings. The number of carbonyl (C=O) groups is 3. The molecule has 0 aliphatic heterocycles. The van der Waals surface area contributed by atoms with Crippen LogP contribution in [0.3, 0.4) is 0 Å². The molecule has 0 aromatic heterocycles. The molecule has 0 heterocycles. The van der Waals surface area contributed by atoms with Crippen molar-refractivity contribution in [3.05, 3.63) is 35.9 Å². The van der Waals surface area contributed by atoms with Crippen LogP contribution in [-0.4, -0.2) is 52.3 Å². The molecule has 8 heteroatoms. The van der Waals surface area contributed by atoms with Crippen LogP contribution in [-0.2, 0) is 14.3 Å². The van der Waals surface area contributed by atoms with E-state index in [4.69, 9.17) is 4.74 Å². The molecule has 0 bridgehead atoms. The minimum absolute atomic E-state index is 0.0761. The number of rotatable bonds is 8. The quantitative estimate of drug-likeness (QED) is 0.532. The first kappa shape index (κ1) is 25.0. The van der Waals surface area contributed by atoms with Gasteiger partial charge in [-0.1, -0.05) is 37.3 Å². The van der Waals surface area contributed by atoms with Crippen molar-refractivity contribution >= 4 is 30.5 Å². The summed E-state index contributed by atoms with van der Waals surface area (Å²) in [5.41, 5.74) is 0.0335. The van der Waals surface area contributed by atoms with Crippen LogP contribution in [0.15, 0.2) is 30.3 Å². The van der Waals surface area contributed by atoms with Gasteiger partial charge >= 0.3 is 6.09 Å². The fraction of sp³-hybridized carbons (Fsp3) is 0.609. The Morgan fingerprint density at radius 1 is 1.16 bits per heavy atom. The topological polar surface area (TPSA) is 87.7 Å².